The molecular weight excluding hydrogens is 465 g/mol. The summed E-state index contributed by atoms with van der Waals surface area (Å²) >= 11 is 0. The lowest BCUT2D eigenvalue weighted by Gasteiger charge is -2.29. The zero-order chi connectivity index (χ0) is 24.8. The number of hydrogen-bond acceptors (Lipinski definition) is 9. The number of phenols is 1. The third-order valence-corrected chi connectivity index (χ3v) is 6.48. The van der Waals surface area contributed by atoms with Crippen molar-refractivity contribution in [3.05, 3.63) is 66.3 Å². The molecule has 3 aromatic heterocycles. The molecule has 0 aliphatic carbocycles. The monoisotopic (exact) mass is 487 g/mol. The number of morpholine rings is 1. The SMILES string of the molecule is Cn1ncc2c(C(O)c3cc(-c4ncnc5cc(N6CCOCC6)ccc45)c(F)cc3O)ncnc21. The van der Waals surface area contributed by atoms with Crippen LogP contribution in [0, 0.1) is 5.82 Å². The van der Waals surface area contributed by atoms with Crippen LogP contribution in [0.3, 0.4) is 0 Å². The summed E-state index contributed by atoms with van der Waals surface area (Å²) in [5, 5.41) is 27.1. The fraction of sp³-hybridized carbons (Fsp3) is 0.240. The predicted molar refractivity (Wildman–Crippen MR) is 130 cm³/mol. The molecule has 1 aliphatic heterocycles. The maximum Gasteiger partial charge on any atom is 0.161 e. The van der Waals surface area contributed by atoms with Gasteiger partial charge < -0.3 is 19.8 Å². The summed E-state index contributed by atoms with van der Waals surface area (Å²) in [6, 6.07) is 8.14. The van der Waals surface area contributed by atoms with Gasteiger partial charge in [-0.15, -0.1) is 0 Å². The third kappa shape index (κ3) is 3.69. The number of rotatable bonds is 4. The van der Waals surface area contributed by atoms with E-state index in [9.17, 15) is 10.2 Å². The number of aliphatic hydroxyl groups is 1. The first-order valence-electron chi connectivity index (χ1n) is 11.4. The lowest BCUT2D eigenvalue weighted by atomic mass is 9.97. The van der Waals surface area contributed by atoms with E-state index in [1.165, 1.54) is 18.7 Å². The molecule has 6 rings (SSSR count). The topological polar surface area (TPSA) is 122 Å². The van der Waals surface area contributed by atoms with Gasteiger partial charge in [0, 0.05) is 48.4 Å². The molecule has 2 aromatic carbocycles. The molecule has 4 heterocycles. The summed E-state index contributed by atoms with van der Waals surface area (Å²) in [6.45, 7) is 2.89. The first-order chi connectivity index (χ1) is 17.5. The van der Waals surface area contributed by atoms with Crippen LogP contribution in [-0.4, -0.2) is 66.2 Å². The largest absolute Gasteiger partial charge is 0.507 e. The Morgan fingerprint density at radius 1 is 1.00 bits per heavy atom. The average molecular weight is 487 g/mol. The molecule has 0 amide bonds. The minimum absolute atomic E-state index is 0.0898. The maximum absolute atomic E-state index is 15.2. The van der Waals surface area contributed by atoms with Crippen LogP contribution in [0.5, 0.6) is 5.75 Å². The molecule has 1 saturated heterocycles. The van der Waals surface area contributed by atoms with Crippen molar-refractivity contribution in [1.82, 2.24) is 29.7 Å². The van der Waals surface area contributed by atoms with Crippen molar-refractivity contribution >= 4 is 27.6 Å². The van der Waals surface area contributed by atoms with Gasteiger partial charge in [0.2, 0.25) is 0 Å². The Kier molecular flexibility index (Phi) is 5.42. The molecule has 1 atom stereocenters. The van der Waals surface area contributed by atoms with Crippen molar-refractivity contribution in [3.63, 3.8) is 0 Å². The van der Waals surface area contributed by atoms with Crippen LogP contribution in [0.15, 0.2) is 49.2 Å². The van der Waals surface area contributed by atoms with Gasteiger partial charge in [0.05, 0.1) is 41.7 Å². The van der Waals surface area contributed by atoms with E-state index in [4.69, 9.17) is 4.74 Å². The summed E-state index contributed by atoms with van der Waals surface area (Å²) in [5.74, 6) is -1.07. The second-order valence-corrected chi connectivity index (χ2v) is 8.58. The van der Waals surface area contributed by atoms with E-state index in [-0.39, 0.29) is 16.8 Å². The van der Waals surface area contributed by atoms with Crippen LogP contribution >= 0.6 is 0 Å². The lowest BCUT2D eigenvalue weighted by molar-refractivity contribution is 0.122. The van der Waals surface area contributed by atoms with Crippen molar-refractivity contribution in [3.8, 4) is 17.0 Å². The van der Waals surface area contributed by atoms with Crippen molar-refractivity contribution in [1.29, 1.82) is 0 Å². The van der Waals surface area contributed by atoms with Crippen LogP contribution in [0.25, 0.3) is 33.2 Å². The Labute approximate surface area is 204 Å². The third-order valence-electron chi connectivity index (χ3n) is 6.48. The number of benzene rings is 2. The first-order valence-corrected chi connectivity index (χ1v) is 11.4. The molecule has 0 saturated carbocycles. The van der Waals surface area contributed by atoms with E-state index < -0.39 is 17.7 Å². The Balaban J connectivity index is 1.45. The zero-order valence-corrected chi connectivity index (χ0v) is 19.3. The van der Waals surface area contributed by atoms with Crippen LogP contribution in [-0.2, 0) is 11.8 Å². The minimum atomic E-state index is -1.35. The van der Waals surface area contributed by atoms with Crippen LogP contribution < -0.4 is 4.90 Å². The van der Waals surface area contributed by atoms with Gasteiger partial charge in [-0.1, -0.05) is 0 Å². The fourth-order valence-corrected chi connectivity index (χ4v) is 4.60. The van der Waals surface area contributed by atoms with Gasteiger partial charge in [-0.05, 0) is 24.3 Å². The van der Waals surface area contributed by atoms with Gasteiger partial charge >= 0.3 is 0 Å². The number of aromatic hydroxyl groups is 1. The van der Waals surface area contributed by atoms with E-state index >= 15 is 4.39 Å². The summed E-state index contributed by atoms with van der Waals surface area (Å²) in [5.41, 5.74) is 3.02. The standard InChI is InChI=1S/C25H22FN7O3/c1-32-25-18(11-31-32)23(29-13-30-25)24(35)17-9-16(19(26)10-21(17)34)22-15-3-2-14(8-20(15)27-12-28-22)33-4-6-36-7-5-33/h2-3,8-13,24,34-35H,4-7H2,1H3. The van der Waals surface area contributed by atoms with Crippen LogP contribution in [0.2, 0.25) is 0 Å². The molecule has 1 aliphatic rings. The highest BCUT2D eigenvalue weighted by Crippen LogP contribution is 2.38. The first kappa shape index (κ1) is 22.3. The lowest BCUT2D eigenvalue weighted by Crippen LogP contribution is -2.36. The normalized spacial score (nSPS) is 15.0. The number of fused-ring (bicyclic) bond motifs is 2. The van der Waals surface area contributed by atoms with E-state index in [2.05, 4.69) is 29.9 Å². The molecule has 0 spiro atoms. The number of nitrogens with zero attached hydrogens (tertiary/aromatic N) is 7. The Hall–Kier alpha value is -4.22. The van der Waals surface area contributed by atoms with Crippen LogP contribution in [0.1, 0.15) is 17.4 Å². The second kappa shape index (κ2) is 8.77. The molecule has 11 heteroatoms. The number of anilines is 1. The van der Waals surface area contributed by atoms with Gasteiger partial charge in [-0.25, -0.2) is 24.3 Å². The molecule has 1 unspecified atom stereocenters. The van der Waals surface area contributed by atoms with E-state index in [1.54, 1.807) is 17.9 Å². The number of aromatic nitrogens is 6. The highest BCUT2D eigenvalue weighted by atomic mass is 19.1. The average Bonchev–Trinajstić information content (AvgIpc) is 3.29. The summed E-state index contributed by atoms with van der Waals surface area (Å²) in [7, 11) is 1.73. The highest BCUT2D eigenvalue weighted by molar-refractivity contribution is 5.94. The van der Waals surface area contributed by atoms with E-state index in [0.29, 0.717) is 40.8 Å². The number of aryl methyl sites for hydroxylation is 1. The highest BCUT2D eigenvalue weighted by Gasteiger charge is 2.24. The van der Waals surface area contributed by atoms with Crippen molar-refractivity contribution < 1.29 is 19.3 Å². The van der Waals surface area contributed by atoms with Gasteiger partial charge in [0.1, 0.15) is 30.3 Å². The summed E-state index contributed by atoms with van der Waals surface area (Å²) < 4.78 is 22.2. The molecule has 10 nitrogen and oxygen atoms in total. The van der Waals surface area contributed by atoms with E-state index in [1.807, 2.05) is 18.2 Å². The quantitative estimate of drug-likeness (QED) is 0.394. The predicted octanol–water partition coefficient (Wildman–Crippen LogP) is 2.74. The zero-order valence-electron chi connectivity index (χ0n) is 19.3. The molecule has 2 N–H and O–H groups in total. The molecule has 0 radical (unpaired) electrons. The van der Waals surface area contributed by atoms with Crippen LogP contribution in [0.4, 0.5) is 10.1 Å². The molecular formula is C25H22FN7O3. The fourth-order valence-electron chi connectivity index (χ4n) is 4.60. The summed E-state index contributed by atoms with van der Waals surface area (Å²) in [6.07, 6.45) is 2.89. The molecule has 0 bridgehead atoms. The van der Waals surface area contributed by atoms with Crippen molar-refractivity contribution in [2.75, 3.05) is 31.2 Å². The number of halogens is 1. The molecule has 1 fully saturated rings. The van der Waals surface area contributed by atoms with Gasteiger partial charge in [-0.3, -0.25) is 4.68 Å². The van der Waals surface area contributed by atoms with Crippen molar-refractivity contribution in [2.24, 2.45) is 7.05 Å². The molecule has 5 aromatic rings. The van der Waals surface area contributed by atoms with Gasteiger partial charge in [-0.2, -0.15) is 5.10 Å². The Morgan fingerprint density at radius 2 is 1.81 bits per heavy atom. The smallest absolute Gasteiger partial charge is 0.161 e. The number of ether oxygens (including phenoxy) is 1. The number of phenolic OH excluding ortho intramolecular Hbond substituents is 1. The number of hydrogen-bond donors (Lipinski definition) is 2. The Bertz CT molecular complexity index is 1600. The minimum Gasteiger partial charge on any atom is -0.507 e. The van der Waals surface area contributed by atoms with Gasteiger partial charge in [0.25, 0.3) is 0 Å². The second-order valence-electron chi connectivity index (χ2n) is 8.58. The van der Waals surface area contributed by atoms with Crippen molar-refractivity contribution in [2.45, 2.75) is 6.10 Å². The summed E-state index contributed by atoms with van der Waals surface area (Å²) in [4.78, 5) is 19.3. The maximum atomic E-state index is 15.2. The number of aliphatic hydroxyl groups excluding tert-OH is 1. The van der Waals surface area contributed by atoms with E-state index in [0.717, 1.165) is 24.8 Å². The Morgan fingerprint density at radius 3 is 2.64 bits per heavy atom. The molecule has 36 heavy (non-hydrogen) atoms. The van der Waals surface area contributed by atoms with Gasteiger partial charge in [0.15, 0.2) is 5.65 Å². The molecule has 182 valence electrons.